The molecule has 1 fully saturated rings. The van der Waals surface area contributed by atoms with Gasteiger partial charge in [-0.15, -0.1) is 0 Å². The average molecular weight is 261 g/mol. The summed E-state index contributed by atoms with van der Waals surface area (Å²) in [4.78, 5) is 6.85. The summed E-state index contributed by atoms with van der Waals surface area (Å²) in [6.07, 6.45) is 1.02. The minimum atomic E-state index is 0.336. The molecule has 102 valence electrons. The summed E-state index contributed by atoms with van der Waals surface area (Å²) < 4.78 is 10.8. The Balaban J connectivity index is 1.95. The van der Waals surface area contributed by atoms with E-state index in [2.05, 4.69) is 21.3 Å². The normalized spacial score (nSPS) is 21.5. The monoisotopic (exact) mass is 261 g/mol. The smallest absolute Gasteiger partial charge is 0.194 e. The molecule has 3 rings (SSSR count). The molecule has 19 heavy (non-hydrogen) atoms. The van der Waals surface area contributed by atoms with Crippen molar-refractivity contribution in [1.29, 1.82) is 0 Å². The van der Waals surface area contributed by atoms with E-state index in [9.17, 15) is 0 Å². The van der Waals surface area contributed by atoms with Gasteiger partial charge in [-0.3, -0.25) is 4.99 Å². The van der Waals surface area contributed by atoms with E-state index < -0.39 is 0 Å². The first-order valence-electron chi connectivity index (χ1n) is 6.60. The molecule has 0 bridgehead atoms. The van der Waals surface area contributed by atoms with Crippen LogP contribution in [0.15, 0.2) is 23.2 Å². The number of nitrogens with one attached hydrogen (secondary N) is 1. The Morgan fingerprint density at radius 3 is 3.00 bits per heavy atom. The van der Waals surface area contributed by atoms with Crippen molar-refractivity contribution in [2.75, 3.05) is 33.9 Å². The SMILES string of the molecule is COc1ccc(C2CCN=C3NCCN32)c(OC)c1. The summed E-state index contributed by atoms with van der Waals surface area (Å²) >= 11 is 0. The van der Waals surface area contributed by atoms with Crippen molar-refractivity contribution in [3.63, 3.8) is 0 Å². The Morgan fingerprint density at radius 1 is 1.32 bits per heavy atom. The quantitative estimate of drug-likeness (QED) is 0.893. The van der Waals surface area contributed by atoms with Crippen LogP contribution in [0.25, 0.3) is 0 Å². The summed E-state index contributed by atoms with van der Waals surface area (Å²) in [6, 6.07) is 6.38. The number of ether oxygens (including phenoxy) is 2. The van der Waals surface area contributed by atoms with Crippen molar-refractivity contribution in [3.8, 4) is 11.5 Å². The Morgan fingerprint density at radius 2 is 2.21 bits per heavy atom. The molecule has 1 aromatic rings. The number of benzene rings is 1. The standard InChI is InChI=1S/C14H19N3O2/c1-18-10-3-4-11(13(9-10)19-2)12-5-6-15-14-16-7-8-17(12)14/h3-4,9,12H,5-8H2,1-2H3,(H,15,16). The summed E-state index contributed by atoms with van der Waals surface area (Å²) in [5.41, 5.74) is 1.21. The molecule has 0 spiro atoms. The second-order valence-corrected chi connectivity index (χ2v) is 4.74. The third kappa shape index (κ3) is 2.09. The minimum absolute atomic E-state index is 0.336. The van der Waals surface area contributed by atoms with Crippen LogP contribution in [0.5, 0.6) is 11.5 Å². The topological polar surface area (TPSA) is 46.1 Å². The zero-order chi connectivity index (χ0) is 13.2. The lowest BCUT2D eigenvalue weighted by Gasteiger charge is -2.33. The van der Waals surface area contributed by atoms with Gasteiger partial charge in [-0.2, -0.15) is 0 Å². The molecule has 5 heteroatoms. The molecule has 0 amide bonds. The lowest BCUT2D eigenvalue weighted by Crippen LogP contribution is -2.37. The first-order valence-corrected chi connectivity index (χ1v) is 6.60. The van der Waals surface area contributed by atoms with E-state index in [1.807, 2.05) is 12.1 Å². The summed E-state index contributed by atoms with van der Waals surface area (Å²) in [7, 11) is 3.38. The molecule has 1 unspecified atom stereocenters. The molecule has 5 nitrogen and oxygen atoms in total. The second kappa shape index (κ2) is 4.99. The van der Waals surface area contributed by atoms with E-state index in [1.54, 1.807) is 14.2 Å². The van der Waals surface area contributed by atoms with Crippen LogP contribution in [0.1, 0.15) is 18.0 Å². The number of aliphatic imine (C=N–C) groups is 1. The lowest BCUT2D eigenvalue weighted by atomic mass is 10.00. The van der Waals surface area contributed by atoms with Crippen molar-refractivity contribution < 1.29 is 9.47 Å². The Hall–Kier alpha value is -1.91. The number of rotatable bonds is 3. The third-order valence-electron chi connectivity index (χ3n) is 3.75. The number of methoxy groups -OCH3 is 2. The molecule has 2 aliphatic heterocycles. The van der Waals surface area contributed by atoms with Gasteiger partial charge in [-0.25, -0.2) is 0 Å². The molecule has 0 saturated carbocycles. The molecule has 2 aliphatic rings. The van der Waals surface area contributed by atoms with Crippen LogP contribution < -0.4 is 14.8 Å². The van der Waals surface area contributed by atoms with Crippen LogP contribution in [-0.4, -0.2) is 44.7 Å². The highest BCUT2D eigenvalue weighted by atomic mass is 16.5. The van der Waals surface area contributed by atoms with Crippen molar-refractivity contribution >= 4 is 5.96 Å². The van der Waals surface area contributed by atoms with Gasteiger partial charge in [0, 0.05) is 31.3 Å². The Kier molecular flexibility index (Phi) is 3.19. The highest BCUT2D eigenvalue weighted by Gasteiger charge is 2.31. The highest BCUT2D eigenvalue weighted by Crippen LogP contribution is 2.36. The molecule has 1 atom stereocenters. The molecule has 0 radical (unpaired) electrons. The van der Waals surface area contributed by atoms with Gasteiger partial charge < -0.3 is 19.7 Å². The van der Waals surface area contributed by atoms with E-state index in [-0.39, 0.29) is 0 Å². The van der Waals surface area contributed by atoms with E-state index in [1.165, 1.54) is 5.56 Å². The van der Waals surface area contributed by atoms with E-state index in [0.29, 0.717) is 6.04 Å². The molecule has 0 aromatic heterocycles. The van der Waals surface area contributed by atoms with Gasteiger partial charge in [0.15, 0.2) is 5.96 Å². The van der Waals surface area contributed by atoms with Gasteiger partial charge in [0.1, 0.15) is 11.5 Å². The Bertz CT molecular complexity index is 501. The fraction of sp³-hybridized carbons (Fsp3) is 0.500. The molecular formula is C14H19N3O2. The maximum atomic E-state index is 5.52. The van der Waals surface area contributed by atoms with Crippen LogP contribution in [0.3, 0.4) is 0 Å². The maximum absolute atomic E-state index is 5.52. The molecular weight excluding hydrogens is 242 g/mol. The first-order chi connectivity index (χ1) is 9.33. The van der Waals surface area contributed by atoms with E-state index in [4.69, 9.17) is 9.47 Å². The zero-order valence-corrected chi connectivity index (χ0v) is 11.3. The summed E-state index contributed by atoms with van der Waals surface area (Å²) in [5, 5.41) is 3.33. The predicted octanol–water partition coefficient (Wildman–Crippen LogP) is 1.41. The van der Waals surface area contributed by atoms with Crippen molar-refractivity contribution in [3.05, 3.63) is 23.8 Å². The third-order valence-corrected chi connectivity index (χ3v) is 3.75. The number of nitrogens with zero attached hydrogens (tertiary/aromatic N) is 2. The van der Waals surface area contributed by atoms with Gasteiger partial charge in [0.05, 0.1) is 20.3 Å². The number of hydrogen-bond donors (Lipinski definition) is 1. The van der Waals surface area contributed by atoms with Crippen molar-refractivity contribution in [2.45, 2.75) is 12.5 Å². The summed E-state index contributed by atoms with van der Waals surface area (Å²) in [6.45, 7) is 2.82. The fourth-order valence-corrected chi connectivity index (χ4v) is 2.81. The van der Waals surface area contributed by atoms with Crippen LogP contribution >= 0.6 is 0 Å². The molecule has 1 aromatic carbocycles. The van der Waals surface area contributed by atoms with E-state index >= 15 is 0 Å². The number of fused-ring (bicyclic) bond motifs is 1. The van der Waals surface area contributed by atoms with Gasteiger partial charge in [0.2, 0.25) is 0 Å². The van der Waals surface area contributed by atoms with Gasteiger partial charge in [0.25, 0.3) is 0 Å². The van der Waals surface area contributed by atoms with Gasteiger partial charge >= 0.3 is 0 Å². The fourth-order valence-electron chi connectivity index (χ4n) is 2.81. The van der Waals surface area contributed by atoms with Gasteiger partial charge in [-0.1, -0.05) is 0 Å². The number of guanidine groups is 1. The largest absolute Gasteiger partial charge is 0.497 e. The van der Waals surface area contributed by atoms with Crippen LogP contribution in [0.2, 0.25) is 0 Å². The predicted molar refractivity (Wildman–Crippen MR) is 73.9 cm³/mol. The molecule has 1 saturated heterocycles. The van der Waals surface area contributed by atoms with Crippen LogP contribution in [0, 0.1) is 0 Å². The number of hydrogen-bond acceptors (Lipinski definition) is 5. The molecule has 2 heterocycles. The van der Waals surface area contributed by atoms with E-state index in [0.717, 1.165) is 43.5 Å². The second-order valence-electron chi connectivity index (χ2n) is 4.74. The maximum Gasteiger partial charge on any atom is 0.194 e. The highest BCUT2D eigenvalue weighted by molar-refractivity contribution is 5.83. The minimum Gasteiger partial charge on any atom is -0.497 e. The zero-order valence-electron chi connectivity index (χ0n) is 11.3. The van der Waals surface area contributed by atoms with Gasteiger partial charge in [-0.05, 0) is 18.6 Å². The first kappa shape index (κ1) is 12.1. The molecule has 1 N–H and O–H groups in total. The lowest BCUT2D eigenvalue weighted by molar-refractivity contribution is 0.301. The summed E-state index contributed by atoms with van der Waals surface area (Å²) in [5.74, 6) is 2.73. The van der Waals surface area contributed by atoms with Crippen LogP contribution in [-0.2, 0) is 0 Å². The van der Waals surface area contributed by atoms with Crippen molar-refractivity contribution in [1.82, 2.24) is 10.2 Å². The Labute approximate surface area is 113 Å². The van der Waals surface area contributed by atoms with Crippen molar-refractivity contribution in [2.24, 2.45) is 4.99 Å². The molecule has 0 aliphatic carbocycles. The average Bonchev–Trinajstić information content (AvgIpc) is 2.95. The van der Waals surface area contributed by atoms with Crippen LogP contribution in [0.4, 0.5) is 0 Å².